The molecule has 3 nitrogen and oxygen atoms in total. The van der Waals surface area contributed by atoms with Crippen LogP contribution in [0.3, 0.4) is 0 Å². The smallest absolute Gasteiger partial charge is 0.168 e. The zero-order chi connectivity index (χ0) is 15.4. The van der Waals surface area contributed by atoms with Crippen molar-refractivity contribution in [3.05, 3.63) is 58.7 Å². The summed E-state index contributed by atoms with van der Waals surface area (Å²) in [4.78, 5) is 4.50. The van der Waals surface area contributed by atoms with Gasteiger partial charge in [-0.15, -0.1) is 0 Å². The van der Waals surface area contributed by atoms with Crippen LogP contribution in [0.2, 0.25) is 0 Å². The quantitative estimate of drug-likeness (QED) is 0.916. The van der Waals surface area contributed by atoms with Crippen molar-refractivity contribution < 1.29 is 9.13 Å². The summed E-state index contributed by atoms with van der Waals surface area (Å²) in [5.41, 5.74) is 3.80. The number of methoxy groups -OCH3 is 1. The summed E-state index contributed by atoms with van der Waals surface area (Å²) in [7, 11) is 3.34. The SMILES string of the molecule is CNC(Cc1cccc(OC)c1F)c1ncc(C)cc1C. The van der Waals surface area contributed by atoms with Gasteiger partial charge in [-0.25, -0.2) is 4.39 Å². The van der Waals surface area contributed by atoms with Crippen molar-refractivity contribution in [3.63, 3.8) is 0 Å². The topological polar surface area (TPSA) is 34.1 Å². The van der Waals surface area contributed by atoms with Gasteiger partial charge in [-0.2, -0.15) is 0 Å². The predicted molar refractivity (Wildman–Crippen MR) is 82.2 cm³/mol. The molecule has 21 heavy (non-hydrogen) atoms. The number of nitrogens with one attached hydrogen (secondary N) is 1. The highest BCUT2D eigenvalue weighted by atomic mass is 19.1. The van der Waals surface area contributed by atoms with E-state index < -0.39 is 0 Å². The Labute approximate surface area is 125 Å². The largest absolute Gasteiger partial charge is 0.494 e. The van der Waals surface area contributed by atoms with Crippen molar-refractivity contribution in [2.75, 3.05) is 14.2 Å². The zero-order valence-corrected chi connectivity index (χ0v) is 12.9. The summed E-state index contributed by atoms with van der Waals surface area (Å²) in [6.45, 7) is 4.04. The van der Waals surface area contributed by atoms with Crippen LogP contribution in [0.25, 0.3) is 0 Å². The standard InChI is InChI=1S/C17H21FN2O/c1-11-8-12(2)17(20-10-11)14(19-3)9-13-6-5-7-15(21-4)16(13)18/h5-8,10,14,19H,9H2,1-4H3. The van der Waals surface area contributed by atoms with Crippen LogP contribution in [-0.4, -0.2) is 19.1 Å². The molecule has 1 N–H and O–H groups in total. The van der Waals surface area contributed by atoms with Gasteiger partial charge in [0.2, 0.25) is 0 Å². The molecule has 0 amide bonds. The lowest BCUT2D eigenvalue weighted by molar-refractivity contribution is 0.382. The average Bonchev–Trinajstić information content (AvgIpc) is 2.47. The maximum absolute atomic E-state index is 14.3. The zero-order valence-electron chi connectivity index (χ0n) is 12.9. The number of nitrogens with zero attached hydrogens (tertiary/aromatic N) is 1. The summed E-state index contributed by atoms with van der Waals surface area (Å²) < 4.78 is 19.3. The second-order valence-corrected chi connectivity index (χ2v) is 5.19. The lowest BCUT2D eigenvalue weighted by Gasteiger charge is -2.19. The lowest BCUT2D eigenvalue weighted by Crippen LogP contribution is -2.21. The molecule has 2 rings (SSSR count). The highest BCUT2D eigenvalue weighted by Crippen LogP contribution is 2.25. The van der Waals surface area contributed by atoms with Gasteiger partial charge < -0.3 is 10.1 Å². The molecule has 0 saturated heterocycles. The van der Waals surface area contributed by atoms with Crippen LogP contribution in [0, 0.1) is 19.7 Å². The molecule has 1 heterocycles. The number of aromatic nitrogens is 1. The predicted octanol–water partition coefficient (Wildman–Crippen LogP) is 3.35. The molecule has 0 radical (unpaired) electrons. The third kappa shape index (κ3) is 3.39. The Morgan fingerprint density at radius 3 is 2.71 bits per heavy atom. The second kappa shape index (κ2) is 6.68. The van der Waals surface area contributed by atoms with Crippen LogP contribution in [-0.2, 0) is 6.42 Å². The maximum atomic E-state index is 14.3. The van der Waals surface area contributed by atoms with Gasteiger partial charge >= 0.3 is 0 Å². The number of rotatable bonds is 5. The fourth-order valence-electron chi connectivity index (χ4n) is 2.52. The van der Waals surface area contributed by atoms with E-state index in [1.54, 1.807) is 18.2 Å². The molecule has 1 aromatic carbocycles. The minimum Gasteiger partial charge on any atom is -0.494 e. The molecule has 0 spiro atoms. The lowest BCUT2D eigenvalue weighted by atomic mass is 9.99. The molecule has 112 valence electrons. The first-order chi connectivity index (χ1) is 10.1. The Kier molecular flexibility index (Phi) is 4.91. The summed E-state index contributed by atoms with van der Waals surface area (Å²) in [6, 6.07) is 7.27. The van der Waals surface area contributed by atoms with E-state index in [0.29, 0.717) is 12.0 Å². The highest BCUT2D eigenvalue weighted by molar-refractivity contribution is 5.33. The minimum absolute atomic E-state index is 0.0350. The van der Waals surface area contributed by atoms with Crippen molar-refractivity contribution in [3.8, 4) is 5.75 Å². The van der Waals surface area contributed by atoms with E-state index in [9.17, 15) is 4.39 Å². The molecule has 1 unspecified atom stereocenters. The van der Waals surface area contributed by atoms with Crippen molar-refractivity contribution >= 4 is 0 Å². The third-order valence-electron chi connectivity index (χ3n) is 3.62. The first-order valence-corrected chi connectivity index (χ1v) is 6.98. The molecular formula is C17H21FN2O. The molecule has 4 heteroatoms. The number of halogens is 1. The number of benzene rings is 1. The molecular weight excluding hydrogens is 267 g/mol. The van der Waals surface area contributed by atoms with Crippen LogP contribution in [0.4, 0.5) is 4.39 Å². The van der Waals surface area contributed by atoms with Crippen LogP contribution in [0.5, 0.6) is 5.75 Å². The molecule has 0 aliphatic carbocycles. The van der Waals surface area contributed by atoms with E-state index in [1.807, 2.05) is 27.1 Å². The van der Waals surface area contributed by atoms with Crippen LogP contribution in [0.1, 0.15) is 28.4 Å². The van der Waals surface area contributed by atoms with Gasteiger partial charge in [0.25, 0.3) is 0 Å². The normalized spacial score (nSPS) is 12.2. The first-order valence-electron chi connectivity index (χ1n) is 6.98. The Balaban J connectivity index is 2.31. The first kappa shape index (κ1) is 15.4. The summed E-state index contributed by atoms with van der Waals surface area (Å²) in [5, 5.41) is 3.22. The van der Waals surface area contributed by atoms with E-state index >= 15 is 0 Å². The summed E-state index contributed by atoms with van der Waals surface area (Å²) in [6.07, 6.45) is 2.37. The monoisotopic (exact) mass is 288 g/mol. The third-order valence-corrected chi connectivity index (χ3v) is 3.62. The number of ether oxygens (including phenoxy) is 1. The van der Waals surface area contributed by atoms with Crippen LogP contribution < -0.4 is 10.1 Å². The van der Waals surface area contributed by atoms with Crippen molar-refractivity contribution in [2.24, 2.45) is 0 Å². The molecule has 0 fully saturated rings. The van der Waals surface area contributed by atoms with Gasteiger partial charge in [-0.3, -0.25) is 4.98 Å². The number of aryl methyl sites for hydroxylation is 2. The Morgan fingerprint density at radius 1 is 1.33 bits per heavy atom. The average molecular weight is 288 g/mol. The Bertz CT molecular complexity index is 628. The molecule has 0 bridgehead atoms. The van der Waals surface area contributed by atoms with Gasteiger partial charge in [-0.05, 0) is 50.1 Å². The van der Waals surface area contributed by atoms with E-state index in [1.165, 1.54) is 7.11 Å². The highest BCUT2D eigenvalue weighted by Gasteiger charge is 2.17. The van der Waals surface area contributed by atoms with E-state index in [2.05, 4.69) is 16.4 Å². The molecule has 0 saturated carbocycles. The molecule has 0 aliphatic rings. The van der Waals surface area contributed by atoms with E-state index in [-0.39, 0.29) is 17.6 Å². The number of pyridine rings is 1. The fraction of sp³-hybridized carbons (Fsp3) is 0.353. The minimum atomic E-state index is -0.301. The summed E-state index contributed by atoms with van der Waals surface area (Å²) >= 11 is 0. The van der Waals surface area contributed by atoms with Crippen molar-refractivity contribution in [1.29, 1.82) is 0 Å². The van der Waals surface area contributed by atoms with E-state index in [4.69, 9.17) is 4.74 Å². The second-order valence-electron chi connectivity index (χ2n) is 5.19. The Morgan fingerprint density at radius 2 is 2.10 bits per heavy atom. The molecule has 0 aliphatic heterocycles. The summed E-state index contributed by atoms with van der Waals surface area (Å²) in [5.74, 6) is -0.0269. The van der Waals surface area contributed by atoms with Gasteiger partial charge in [0.15, 0.2) is 11.6 Å². The van der Waals surface area contributed by atoms with Crippen molar-refractivity contribution in [2.45, 2.75) is 26.3 Å². The van der Waals surface area contributed by atoms with Gasteiger partial charge in [-0.1, -0.05) is 18.2 Å². The van der Waals surface area contributed by atoms with Crippen molar-refractivity contribution in [1.82, 2.24) is 10.3 Å². The molecule has 2 aromatic rings. The molecule has 1 aromatic heterocycles. The molecule has 1 atom stereocenters. The van der Waals surface area contributed by atoms with E-state index in [0.717, 1.165) is 16.8 Å². The van der Waals surface area contributed by atoms with Crippen LogP contribution in [0.15, 0.2) is 30.5 Å². The number of hydrogen-bond donors (Lipinski definition) is 1. The van der Waals surface area contributed by atoms with Gasteiger partial charge in [0.05, 0.1) is 18.8 Å². The van der Waals surface area contributed by atoms with Gasteiger partial charge in [0.1, 0.15) is 0 Å². The fourth-order valence-corrected chi connectivity index (χ4v) is 2.52. The number of likely N-dealkylation sites (N-methyl/N-ethyl adjacent to an activating group) is 1. The Hall–Kier alpha value is -1.94. The maximum Gasteiger partial charge on any atom is 0.168 e. The number of hydrogen-bond acceptors (Lipinski definition) is 3. The van der Waals surface area contributed by atoms with Gasteiger partial charge in [0, 0.05) is 6.20 Å². The van der Waals surface area contributed by atoms with Crippen LogP contribution >= 0.6 is 0 Å².